The summed E-state index contributed by atoms with van der Waals surface area (Å²) in [6.45, 7) is 3.89. The highest BCUT2D eigenvalue weighted by Gasteiger charge is 2.33. The summed E-state index contributed by atoms with van der Waals surface area (Å²) in [5.74, 6) is 1.48. The number of nitrogens with zero attached hydrogens (tertiary/aromatic N) is 5. The molecule has 3 aromatic rings. The van der Waals surface area contributed by atoms with E-state index in [0.717, 1.165) is 17.0 Å². The molecule has 1 saturated heterocycles. The zero-order valence-corrected chi connectivity index (χ0v) is 13.5. The lowest BCUT2D eigenvalue weighted by atomic mass is 10.2. The third kappa shape index (κ3) is 2.80. The summed E-state index contributed by atoms with van der Waals surface area (Å²) in [6, 6.07) is 1.93. The highest BCUT2D eigenvalue weighted by atomic mass is 32.1. The van der Waals surface area contributed by atoms with Crippen molar-refractivity contribution in [3.8, 4) is 11.5 Å². The van der Waals surface area contributed by atoms with Gasteiger partial charge >= 0.3 is 0 Å². The zero-order valence-electron chi connectivity index (χ0n) is 12.7. The number of aliphatic hydroxyl groups is 1. The third-order valence-electron chi connectivity index (χ3n) is 4.15. The van der Waals surface area contributed by atoms with Crippen LogP contribution in [0.25, 0.3) is 11.5 Å². The molecule has 0 amide bonds. The average molecular weight is 331 g/mol. The molecule has 7 nitrogen and oxygen atoms in total. The third-order valence-corrected chi connectivity index (χ3v) is 4.83. The van der Waals surface area contributed by atoms with Crippen molar-refractivity contribution in [2.75, 3.05) is 13.1 Å². The molecule has 2 atom stereocenters. The first-order chi connectivity index (χ1) is 11.2. The van der Waals surface area contributed by atoms with Gasteiger partial charge in [0.25, 0.3) is 0 Å². The van der Waals surface area contributed by atoms with Crippen LogP contribution >= 0.6 is 11.3 Å². The Balaban J connectivity index is 1.49. The number of rotatable bonds is 4. The smallest absolute Gasteiger partial charge is 0.227 e. The second kappa shape index (κ2) is 5.88. The van der Waals surface area contributed by atoms with Crippen LogP contribution in [0.5, 0.6) is 0 Å². The van der Waals surface area contributed by atoms with Crippen molar-refractivity contribution in [2.24, 2.45) is 0 Å². The van der Waals surface area contributed by atoms with E-state index >= 15 is 0 Å². The molecule has 120 valence electrons. The van der Waals surface area contributed by atoms with E-state index in [1.807, 2.05) is 23.8 Å². The van der Waals surface area contributed by atoms with Gasteiger partial charge < -0.3 is 9.52 Å². The lowest BCUT2D eigenvalue weighted by molar-refractivity contribution is 0.138. The molecule has 0 unspecified atom stereocenters. The lowest BCUT2D eigenvalue weighted by Gasteiger charge is -2.14. The number of hydrogen-bond acceptors (Lipinski definition) is 7. The van der Waals surface area contributed by atoms with E-state index in [0.29, 0.717) is 25.5 Å². The van der Waals surface area contributed by atoms with Crippen molar-refractivity contribution in [1.29, 1.82) is 0 Å². The van der Waals surface area contributed by atoms with Gasteiger partial charge in [-0.3, -0.25) is 4.90 Å². The van der Waals surface area contributed by atoms with Crippen LogP contribution in [-0.4, -0.2) is 49.2 Å². The van der Waals surface area contributed by atoms with Gasteiger partial charge in [0, 0.05) is 36.8 Å². The summed E-state index contributed by atoms with van der Waals surface area (Å²) in [7, 11) is 0. The Bertz CT molecular complexity index is 768. The molecule has 8 heteroatoms. The number of hydrogen-bond donors (Lipinski definition) is 1. The van der Waals surface area contributed by atoms with Crippen molar-refractivity contribution >= 4 is 11.3 Å². The maximum atomic E-state index is 10.3. The van der Waals surface area contributed by atoms with E-state index in [1.54, 1.807) is 28.4 Å². The molecule has 0 saturated carbocycles. The molecule has 1 aliphatic rings. The quantitative estimate of drug-likeness (QED) is 0.784. The van der Waals surface area contributed by atoms with E-state index in [4.69, 9.17) is 4.42 Å². The Morgan fingerprint density at radius 2 is 2.35 bits per heavy atom. The van der Waals surface area contributed by atoms with Gasteiger partial charge in [0.1, 0.15) is 5.76 Å². The Morgan fingerprint density at radius 1 is 1.43 bits per heavy atom. The largest absolute Gasteiger partial charge is 0.441 e. The number of thiophene rings is 1. The van der Waals surface area contributed by atoms with Crippen LogP contribution in [0.2, 0.25) is 0 Å². The summed E-state index contributed by atoms with van der Waals surface area (Å²) in [4.78, 5) is 6.78. The first-order valence-corrected chi connectivity index (χ1v) is 8.40. The maximum absolute atomic E-state index is 10.3. The summed E-state index contributed by atoms with van der Waals surface area (Å²) in [5, 5.41) is 22.1. The van der Waals surface area contributed by atoms with E-state index in [1.165, 1.54) is 0 Å². The van der Waals surface area contributed by atoms with Crippen LogP contribution in [-0.2, 0) is 6.54 Å². The van der Waals surface area contributed by atoms with Gasteiger partial charge in [-0.1, -0.05) is 5.21 Å². The monoisotopic (exact) mass is 331 g/mol. The van der Waals surface area contributed by atoms with Gasteiger partial charge in [0.05, 0.1) is 24.0 Å². The van der Waals surface area contributed by atoms with Crippen LogP contribution < -0.4 is 0 Å². The molecule has 4 heterocycles. The molecule has 4 rings (SSSR count). The first-order valence-electron chi connectivity index (χ1n) is 7.46. The molecule has 0 radical (unpaired) electrons. The average Bonchev–Trinajstić information content (AvgIpc) is 3.28. The Hall–Kier alpha value is -2.03. The molecule has 0 aliphatic carbocycles. The first kappa shape index (κ1) is 14.6. The van der Waals surface area contributed by atoms with E-state index in [9.17, 15) is 5.11 Å². The minimum atomic E-state index is -0.458. The highest BCUT2D eigenvalue weighted by Crippen LogP contribution is 2.27. The number of aliphatic hydroxyl groups excluding tert-OH is 1. The molecule has 1 N–H and O–H groups in total. The number of likely N-dealkylation sites (tertiary alicyclic amines) is 1. The van der Waals surface area contributed by atoms with Crippen molar-refractivity contribution < 1.29 is 9.52 Å². The second-order valence-electron chi connectivity index (χ2n) is 5.75. The molecule has 0 spiro atoms. The van der Waals surface area contributed by atoms with Gasteiger partial charge in [-0.2, -0.15) is 11.3 Å². The van der Waals surface area contributed by atoms with Gasteiger partial charge in [-0.15, -0.1) is 5.10 Å². The van der Waals surface area contributed by atoms with Gasteiger partial charge in [0.2, 0.25) is 5.89 Å². The van der Waals surface area contributed by atoms with E-state index < -0.39 is 6.10 Å². The molecular weight excluding hydrogens is 314 g/mol. The topological polar surface area (TPSA) is 80.2 Å². The lowest BCUT2D eigenvalue weighted by Crippen LogP contribution is -2.22. The Morgan fingerprint density at radius 3 is 3.09 bits per heavy atom. The second-order valence-corrected chi connectivity index (χ2v) is 6.53. The van der Waals surface area contributed by atoms with Crippen LogP contribution in [0, 0.1) is 6.92 Å². The highest BCUT2D eigenvalue weighted by molar-refractivity contribution is 7.08. The predicted octanol–water partition coefficient (Wildman–Crippen LogP) is 1.72. The number of aromatic nitrogens is 4. The number of oxazole rings is 1. The van der Waals surface area contributed by atoms with Crippen LogP contribution in [0.3, 0.4) is 0 Å². The Kier molecular flexibility index (Phi) is 3.72. The fraction of sp³-hybridized carbons (Fsp3) is 0.400. The van der Waals surface area contributed by atoms with Gasteiger partial charge in [-0.25, -0.2) is 9.67 Å². The minimum Gasteiger partial charge on any atom is -0.441 e. The fourth-order valence-corrected chi connectivity index (χ4v) is 3.56. The molecule has 23 heavy (non-hydrogen) atoms. The molecular formula is C15H17N5O2S. The van der Waals surface area contributed by atoms with Crippen LogP contribution in [0.1, 0.15) is 17.5 Å². The summed E-state index contributed by atoms with van der Waals surface area (Å²) in [6.07, 6.45) is 2.96. The summed E-state index contributed by atoms with van der Waals surface area (Å²) >= 11 is 1.62. The van der Waals surface area contributed by atoms with Crippen molar-refractivity contribution in [1.82, 2.24) is 24.9 Å². The number of β-amino-alcohol motifs (C(OH)–C–C–N with tert-alkyl or cyclic N) is 1. The number of aryl methyl sites for hydroxylation is 1. The SMILES string of the molecule is Cc1oc(-c2ccsc2)nc1CN1C[C@@H](O)[C@H](n2ccnn2)C1. The van der Waals surface area contributed by atoms with Crippen molar-refractivity contribution in [3.63, 3.8) is 0 Å². The summed E-state index contributed by atoms with van der Waals surface area (Å²) in [5.41, 5.74) is 1.92. The molecule has 1 fully saturated rings. The molecule has 0 aromatic carbocycles. The fourth-order valence-electron chi connectivity index (χ4n) is 2.93. The van der Waals surface area contributed by atoms with Gasteiger partial charge in [0.15, 0.2) is 0 Å². The molecule has 3 aromatic heterocycles. The van der Waals surface area contributed by atoms with Crippen LogP contribution in [0.15, 0.2) is 33.6 Å². The van der Waals surface area contributed by atoms with Crippen LogP contribution in [0.4, 0.5) is 0 Å². The standard InChI is InChI=1S/C15H17N5O2S/c1-10-12(17-15(22-10)11-2-5-23-9-11)6-19-7-13(14(21)8-19)20-4-3-16-18-20/h2-5,9,13-14,21H,6-8H2,1H3/t13-,14-/m1/s1. The molecule has 1 aliphatic heterocycles. The Labute approximate surface area is 137 Å². The zero-order chi connectivity index (χ0) is 15.8. The minimum absolute atomic E-state index is 0.0685. The van der Waals surface area contributed by atoms with Crippen molar-refractivity contribution in [2.45, 2.75) is 25.6 Å². The molecule has 0 bridgehead atoms. The van der Waals surface area contributed by atoms with Gasteiger partial charge in [-0.05, 0) is 18.4 Å². The normalized spacial score (nSPS) is 22.0. The van der Waals surface area contributed by atoms with E-state index in [-0.39, 0.29) is 6.04 Å². The summed E-state index contributed by atoms with van der Waals surface area (Å²) < 4.78 is 7.49. The maximum Gasteiger partial charge on any atom is 0.227 e. The predicted molar refractivity (Wildman–Crippen MR) is 84.9 cm³/mol. The van der Waals surface area contributed by atoms with Crippen molar-refractivity contribution in [3.05, 3.63) is 40.7 Å². The van der Waals surface area contributed by atoms with E-state index in [2.05, 4.69) is 20.2 Å².